The number of benzene rings is 1. The average molecular weight is 306 g/mol. The summed E-state index contributed by atoms with van der Waals surface area (Å²) in [5.41, 5.74) is 2.19. The third-order valence-electron chi connectivity index (χ3n) is 3.63. The van der Waals surface area contributed by atoms with Crippen LogP contribution < -0.4 is 0 Å². The van der Waals surface area contributed by atoms with E-state index in [0.717, 1.165) is 4.31 Å². The van der Waals surface area contributed by atoms with Crippen molar-refractivity contribution in [2.24, 2.45) is 0 Å². The van der Waals surface area contributed by atoms with Gasteiger partial charge in [0.2, 0.25) is 10.0 Å². The Hall–Kier alpha value is -2.15. The Morgan fingerprint density at radius 1 is 1.29 bits per heavy atom. The lowest BCUT2D eigenvalue weighted by Gasteiger charge is -2.28. The maximum Gasteiger partial charge on any atom is 0.267 e. The minimum atomic E-state index is -3.68. The summed E-state index contributed by atoms with van der Waals surface area (Å²) < 4.78 is 30.6. The maximum absolute atomic E-state index is 12.5. The highest BCUT2D eigenvalue weighted by Gasteiger charge is 2.36. The number of nitrogens with zero attached hydrogens (tertiary/aromatic N) is 2. The van der Waals surface area contributed by atoms with Gasteiger partial charge in [0.15, 0.2) is 0 Å². The second-order valence-corrected chi connectivity index (χ2v) is 6.92. The molecule has 3 rings (SSSR count). The molecule has 2 heterocycles. The molecule has 1 amide bonds. The molecular weight excluding hydrogens is 292 g/mol. The smallest absolute Gasteiger partial charge is 0.267 e. The SMILES string of the molecule is Cc1noc(C)c1CN1C(=O)c2ccccc2CS1(=O)=O. The highest BCUT2D eigenvalue weighted by molar-refractivity contribution is 7.89. The van der Waals surface area contributed by atoms with Crippen LogP contribution in [0, 0.1) is 13.8 Å². The number of hydrogen-bond acceptors (Lipinski definition) is 5. The number of fused-ring (bicyclic) bond motifs is 1. The van der Waals surface area contributed by atoms with Gasteiger partial charge in [-0.25, -0.2) is 12.7 Å². The second kappa shape index (κ2) is 4.70. The van der Waals surface area contributed by atoms with Gasteiger partial charge in [0, 0.05) is 11.1 Å². The van der Waals surface area contributed by atoms with Crippen LogP contribution >= 0.6 is 0 Å². The number of aryl methyl sites for hydroxylation is 2. The normalized spacial score (nSPS) is 16.9. The molecule has 0 bridgehead atoms. The molecule has 1 aliphatic heterocycles. The fourth-order valence-electron chi connectivity index (χ4n) is 2.43. The van der Waals surface area contributed by atoms with Crippen molar-refractivity contribution < 1.29 is 17.7 Å². The highest BCUT2D eigenvalue weighted by atomic mass is 32.2. The Kier molecular flexibility index (Phi) is 3.09. The second-order valence-electron chi connectivity index (χ2n) is 5.03. The molecule has 7 heteroatoms. The van der Waals surface area contributed by atoms with Crippen LogP contribution in [0.5, 0.6) is 0 Å². The molecule has 1 aliphatic rings. The number of amides is 1. The Morgan fingerprint density at radius 2 is 2.00 bits per heavy atom. The van der Waals surface area contributed by atoms with Crippen LogP contribution in [0.3, 0.4) is 0 Å². The first kappa shape index (κ1) is 13.8. The molecule has 0 aliphatic carbocycles. The van der Waals surface area contributed by atoms with Gasteiger partial charge in [-0.05, 0) is 25.5 Å². The summed E-state index contributed by atoms with van der Waals surface area (Å²) in [5, 5.41) is 3.79. The van der Waals surface area contributed by atoms with Crippen LogP contribution in [0.25, 0.3) is 0 Å². The van der Waals surface area contributed by atoms with Crippen LogP contribution in [-0.2, 0) is 22.3 Å². The lowest BCUT2D eigenvalue weighted by Crippen LogP contribution is -2.41. The van der Waals surface area contributed by atoms with Gasteiger partial charge in [-0.15, -0.1) is 0 Å². The molecule has 0 fully saturated rings. The summed E-state index contributed by atoms with van der Waals surface area (Å²) in [6, 6.07) is 6.76. The van der Waals surface area contributed by atoms with Crippen molar-refractivity contribution in [1.29, 1.82) is 0 Å². The molecule has 0 N–H and O–H groups in total. The van der Waals surface area contributed by atoms with Crippen molar-refractivity contribution in [3.63, 3.8) is 0 Å². The van der Waals surface area contributed by atoms with Gasteiger partial charge in [0.1, 0.15) is 5.76 Å². The van der Waals surface area contributed by atoms with E-state index in [2.05, 4.69) is 5.16 Å². The first-order valence-electron chi connectivity index (χ1n) is 6.44. The summed E-state index contributed by atoms with van der Waals surface area (Å²) in [6.45, 7) is 3.38. The average Bonchev–Trinajstić information content (AvgIpc) is 2.74. The number of carbonyl (C=O) groups excluding carboxylic acids is 1. The third kappa shape index (κ3) is 2.23. The molecule has 0 unspecified atom stereocenters. The first-order chi connectivity index (χ1) is 9.90. The van der Waals surface area contributed by atoms with Gasteiger partial charge in [0.25, 0.3) is 5.91 Å². The van der Waals surface area contributed by atoms with Gasteiger partial charge in [-0.1, -0.05) is 23.4 Å². The van der Waals surface area contributed by atoms with Crippen LogP contribution in [0.1, 0.15) is 32.9 Å². The van der Waals surface area contributed by atoms with E-state index in [9.17, 15) is 13.2 Å². The summed E-state index contributed by atoms with van der Waals surface area (Å²) in [4.78, 5) is 12.5. The zero-order chi connectivity index (χ0) is 15.2. The highest BCUT2D eigenvalue weighted by Crippen LogP contribution is 2.27. The largest absolute Gasteiger partial charge is 0.361 e. The molecule has 21 heavy (non-hydrogen) atoms. The van der Waals surface area contributed by atoms with Gasteiger partial charge >= 0.3 is 0 Å². The molecule has 1 aromatic carbocycles. The number of aromatic nitrogens is 1. The van der Waals surface area contributed by atoms with Gasteiger partial charge in [-0.3, -0.25) is 4.79 Å². The van der Waals surface area contributed by atoms with Crippen molar-refractivity contribution in [2.75, 3.05) is 0 Å². The number of hydrogen-bond donors (Lipinski definition) is 0. The minimum absolute atomic E-state index is 0.0450. The standard InChI is InChI=1S/C14H14N2O4S/c1-9-13(10(2)20-15-9)7-16-14(17)12-6-4-3-5-11(12)8-21(16,18)19/h3-6H,7-8H2,1-2H3. The molecule has 0 atom stereocenters. The fraction of sp³-hybridized carbons (Fsp3) is 0.286. The number of carbonyl (C=O) groups is 1. The summed E-state index contributed by atoms with van der Waals surface area (Å²) in [7, 11) is -3.68. The fourth-order valence-corrected chi connectivity index (χ4v) is 3.91. The van der Waals surface area contributed by atoms with Crippen molar-refractivity contribution in [3.8, 4) is 0 Å². The molecule has 2 aromatic rings. The van der Waals surface area contributed by atoms with Crippen LogP contribution in [0.4, 0.5) is 0 Å². The lowest BCUT2D eigenvalue weighted by molar-refractivity contribution is 0.0849. The molecule has 0 spiro atoms. The Labute approximate surface area is 122 Å². The van der Waals surface area contributed by atoms with E-state index in [4.69, 9.17) is 4.52 Å². The summed E-state index contributed by atoms with van der Waals surface area (Å²) >= 11 is 0. The molecule has 0 saturated carbocycles. The van der Waals surface area contributed by atoms with E-state index in [0.29, 0.717) is 28.1 Å². The van der Waals surface area contributed by atoms with Crippen molar-refractivity contribution >= 4 is 15.9 Å². The molecule has 0 saturated heterocycles. The molecule has 110 valence electrons. The maximum atomic E-state index is 12.5. The lowest BCUT2D eigenvalue weighted by atomic mass is 10.1. The van der Waals surface area contributed by atoms with E-state index >= 15 is 0 Å². The van der Waals surface area contributed by atoms with Crippen LogP contribution in [-0.4, -0.2) is 23.8 Å². The van der Waals surface area contributed by atoms with Gasteiger partial charge < -0.3 is 4.52 Å². The molecule has 1 aromatic heterocycles. The molecule has 0 radical (unpaired) electrons. The van der Waals surface area contributed by atoms with Crippen molar-refractivity contribution in [3.05, 3.63) is 52.4 Å². The van der Waals surface area contributed by atoms with Crippen molar-refractivity contribution in [2.45, 2.75) is 26.1 Å². The monoisotopic (exact) mass is 306 g/mol. The van der Waals surface area contributed by atoms with Crippen LogP contribution in [0.15, 0.2) is 28.8 Å². The zero-order valence-corrected chi connectivity index (χ0v) is 12.5. The van der Waals surface area contributed by atoms with Gasteiger partial charge in [0.05, 0.1) is 18.0 Å². The van der Waals surface area contributed by atoms with Crippen LogP contribution in [0.2, 0.25) is 0 Å². The Bertz CT molecular complexity index is 804. The van der Waals surface area contributed by atoms with E-state index < -0.39 is 15.9 Å². The quantitative estimate of drug-likeness (QED) is 0.845. The third-order valence-corrected chi connectivity index (χ3v) is 5.27. The van der Waals surface area contributed by atoms with E-state index in [1.165, 1.54) is 0 Å². The molecule has 6 nitrogen and oxygen atoms in total. The summed E-state index contributed by atoms with van der Waals surface area (Å²) in [6.07, 6.45) is 0. The first-order valence-corrected chi connectivity index (χ1v) is 8.05. The zero-order valence-electron chi connectivity index (χ0n) is 11.7. The van der Waals surface area contributed by atoms with Gasteiger partial charge in [-0.2, -0.15) is 0 Å². The van der Waals surface area contributed by atoms with E-state index in [1.54, 1.807) is 38.1 Å². The number of sulfonamides is 1. The van der Waals surface area contributed by atoms with E-state index in [-0.39, 0.29) is 12.3 Å². The predicted octanol–water partition coefficient (Wildman–Crippen LogP) is 1.78. The number of rotatable bonds is 2. The Morgan fingerprint density at radius 3 is 2.67 bits per heavy atom. The van der Waals surface area contributed by atoms with Crippen molar-refractivity contribution in [1.82, 2.24) is 9.46 Å². The Balaban J connectivity index is 2.05. The molecular formula is C14H14N2O4S. The minimum Gasteiger partial charge on any atom is -0.361 e. The predicted molar refractivity (Wildman–Crippen MR) is 74.9 cm³/mol. The van der Waals surface area contributed by atoms with E-state index in [1.807, 2.05) is 0 Å². The topological polar surface area (TPSA) is 80.5 Å². The summed E-state index contributed by atoms with van der Waals surface area (Å²) in [5.74, 6) is -0.149.